The zero-order valence-electron chi connectivity index (χ0n) is 11.9. The summed E-state index contributed by atoms with van der Waals surface area (Å²) in [5.41, 5.74) is 4.77. The van der Waals surface area contributed by atoms with Crippen LogP contribution in [0.5, 0.6) is 0 Å². The van der Waals surface area contributed by atoms with Gasteiger partial charge in [-0.2, -0.15) is 0 Å². The van der Waals surface area contributed by atoms with E-state index in [1.54, 1.807) is 11.3 Å². The van der Waals surface area contributed by atoms with E-state index in [9.17, 15) is 4.79 Å². The number of rotatable bonds is 2. The van der Waals surface area contributed by atoms with Gasteiger partial charge in [-0.15, -0.1) is 11.3 Å². The van der Waals surface area contributed by atoms with Crippen molar-refractivity contribution < 1.29 is 4.79 Å². The van der Waals surface area contributed by atoms with Crippen LogP contribution in [-0.2, 0) is 19.3 Å². The molecule has 2 aliphatic rings. The van der Waals surface area contributed by atoms with Gasteiger partial charge < -0.3 is 10.6 Å². The lowest BCUT2D eigenvalue weighted by Gasteiger charge is -2.08. The standard InChI is InChI=1S/C17H18N2OS/c20-17(16-10-12-3-1-2-4-15(12)21-16)19-13-5-6-14-11(9-13)7-8-18-14/h5-6,9-10,18H,1-4,7-8H2,(H,19,20). The van der Waals surface area contributed by atoms with Crippen molar-refractivity contribution in [3.8, 4) is 0 Å². The molecule has 2 aromatic rings. The fraction of sp³-hybridized carbons (Fsp3) is 0.353. The quantitative estimate of drug-likeness (QED) is 0.884. The molecule has 0 bridgehead atoms. The molecule has 4 heteroatoms. The zero-order valence-corrected chi connectivity index (χ0v) is 12.7. The summed E-state index contributed by atoms with van der Waals surface area (Å²) in [6, 6.07) is 8.20. The maximum atomic E-state index is 12.4. The highest BCUT2D eigenvalue weighted by Crippen LogP contribution is 2.30. The molecule has 1 aliphatic heterocycles. The first-order chi connectivity index (χ1) is 10.3. The van der Waals surface area contributed by atoms with Gasteiger partial charge in [-0.05, 0) is 67.5 Å². The highest BCUT2D eigenvalue weighted by atomic mass is 32.1. The first kappa shape index (κ1) is 12.9. The Morgan fingerprint density at radius 1 is 1.10 bits per heavy atom. The number of hydrogen-bond acceptors (Lipinski definition) is 3. The van der Waals surface area contributed by atoms with Gasteiger partial charge in [-0.3, -0.25) is 4.79 Å². The van der Waals surface area contributed by atoms with Gasteiger partial charge in [0, 0.05) is 22.8 Å². The van der Waals surface area contributed by atoms with Crippen molar-refractivity contribution in [2.45, 2.75) is 32.1 Å². The predicted octanol–water partition coefficient (Wildman–Crippen LogP) is 3.85. The van der Waals surface area contributed by atoms with E-state index in [4.69, 9.17) is 0 Å². The Morgan fingerprint density at radius 3 is 2.90 bits per heavy atom. The van der Waals surface area contributed by atoms with Crippen LogP contribution in [0.3, 0.4) is 0 Å². The van der Waals surface area contributed by atoms with Crippen molar-refractivity contribution in [3.63, 3.8) is 0 Å². The van der Waals surface area contributed by atoms with Gasteiger partial charge in [0.2, 0.25) is 0 Å². The minimum atomic E-state index is 0.0281. The lowest BCUT2D eigenvalue weighted by atomic mass is 9.99. The van der Waals surface area contributed by atoms with E-state index >= 15 is 0 Å². The molecular formula is C17H18N2OS. The van der Waals surface area contributed by atoms with E-state index in [0.29, 0.717) is 0 Å². The number of hydrogen-bond donors (Lipinski definition) is 2. The third-order valence-electron chi connectivity index (χ3n) is 4.29. The number of thiophene rings is 1. The molecule has 0 saturated heterocycles. The molecule has 1 amide bonds. The molecule has 4 rings (SSSR count). The summed E-state index contributed by atoms with van der Waals surface area (Å²) in [7, 11) is 0. The Morgan fingerprint density at radius 2 is 2.00 bits per heavy atom. The van der Waals surface area contributed by atoms with Crippen LogP contribution in [0.1, 0.15) is 38.5 Å². The van der Waals surface area contributed by atoms with Crippen molar-refractivity contribution in [1.29, 1.82) is 0 Å². The Balaban J connectivity index is 1.54. The van der Waals surface area contributed by atoms with Crippen LogP contribution in [0.2, 0.25) is 0 Å². The largest absolute Gasteiger partial charge is 0.384 e. The number of aryl methyl sites for hydroxylation is 2. The van der Waals surface area contributed by atoms with Crippen molar-refractivity contribution in [1.82, 2.24) is 0 Å². The maximum absolute atomic E-state index is 12.4. The molecule has 108 valence electrons. The number of fused-ring (bicyclic) bond motifs is 2. The van der Waals surface area contributed by atoms with Gasteiger partial charge in [0.05, 0.1) is 4.88 Å². The number of benzene rings is 1. The first-order valence-electron chi connectivity index (χ1n) is 7.59. The SMILES string of the molecule is O=C(Nc1ccc2c(c1)CCN2)c1cc2c(s1)CCCC2. The molecule has 1 aromatic heterocycles. The Hall–Kier alpha value is -1.81. The molecule has 2 heterocycles. The van der Waals surface area contributed by atoms with Gasteiger partial charge in [0.1, 0.15) is 0 Å². The van der Waals surface area contributed by atoms with Crippen LogP contribution < -0.4 is 10.6 Å². The molecule has 0 fully saturated rings. The van der Waals surface area contributed by atoms with Crippen molar-refractivity contribution in [2.24, 2.45) is 0 Å². The van der Waals surface area contributed by atoms with Crippen LogP contribution in [0.4, 0.5) is 11.4 Å². The molecule has 3 nitrogen and oxygen atoms in total. The smallest absolute Gasteiger partial charge is 0.265 e. The minimum absolute atomic E-state index is 0.0281. The van der Waals surface area contributed by atoms with E-state index in [0.717, 1.165) is 36.4 Å². The Bertz CT molecular complexity index is 681. The zero-order chi connectivity index (χ0) is 14.2. The molecule has 1 aromatic carbocycles. The third-order valence-corrected chi connectivity index (χ3v) is 5.53. The molecule has 1 aliphatic carbocycles. The fourth-order valence-corrected chi connectivity index (χ4v) is 4.33. The molecular weight excluding hydrogens is 280 g/mol. The fourth-order valence-electron chi connectivity index (χ4n) is 3.18. The van der Waals surface area contributed by atoms with Crippen molar-refractivity contribution >= 4 is 28.6 Å². The molecule has 0 spiro atoms. The summed E-state index contributed by atoms with van der Waals surface area (Å²) in [5.74, 6) is 0.0281. The topological polar surface area (TPSA) is 41.1 Å². The van der Waals surface area contributed by atoms with Gasteiger partial charge in [0.15, 0.2) is 0 Å². The maximum Gasteiger partial charge on any atom is 0.265 e. The van der Waals surface area contributed by atoms with Crippen LogP contribution in [0.15, 0.2) is 24.3 Å². The normalized spacial score (nSPS) is 16.0. The number of nitrogens with one attached hydrogen (secondary N) is 2. The molecule has 21 heavy (non-hydrogen) atoms. The average molecular weight is 298 g/mol. The molecule has 0 unspecified atom stereocenters. The minimum Gasteiger partial charge on any atom is -0.384 e. The third kappa shape index (κ3) is 2.44. The first-order valence-corrected chi connectivity index (χ1v) is 8.41. The summed E-state index contributed by atoms with van der Waals surface area (Å²) in [6.45, 7) is 0.990. The molecule has 0 saturated carbocycles. The number of amides is 1. The second-order valence-electron chi connectivity index (χ2n) is 5.77. The van der Waals surface area contributed by atoms with E-state index in [-0.39, 0.29) is 5.91 Å². The lowest BCUT2D eigenvalue weighted by molar-refractivity contribution is 0.103. The van der Waals surface area contributed by atoms with Crippen molar-refractivity contribution in [2.75, 3.05) is 17.2 Å². The monoisotopic (exact) mass is 298 g/mol. The number of carbonyl (C=O) groups excluding carboxylic acids is 1. The van der Waals surface area contributed by atoms with Crippen LogP contribution >= 0.6 is 11.3 Å². The summed E-state index contributed by atoms with van der Waals surface area (Å²) < 4.78 is 0. The van der Waals surface area contributed by atoms with Crippen LogP contribution in [0, 0.1) is 0 Å². The summed E-state index contributed by atoms with van der Waals surface area (Å²) in [5, 5.41) is 6.38. The van der Waals surface area contributed by atoms with Gasteiger partial charge in [0.25, 0.3) is 5.91 Å². The van der Waals surface area contributed by atoms with Crippen molar-refractivity contribution in [3.05, 3.63) is 45.1 Å². The highest BCUT2D eigenvalue weighted by molar-refractivity contribution is 7.14. The van der Waals surface area contributed by atoms with Crippen LogP contribution in [0.25, 0.3) is 0 Å². The highest BCUT2D eigenvalue weighted by Gasteiger charge is 2.18. The Kier molecular flexibility index (Phi) is 3.19. The summed E-state index contributed by atoms with van der Waals surface area (Å²) in [6.07, 6.45) is 5.81. The summed E-state index contributed by atoms with van der Waals surface area (Å²) in [4.78, 5) is 14.7. The van der Waals surface area contributed by atoms with E-state index in [1.807, 2.05) is 6.07 Å². The molecule has 0 atom stereocenters. The van der Waals surface area contributed by atoms with Gasteiger partial charge >= 0.3 is 0 Å². The lowest BCUT2D eigenvalue weighted by Crippen LogP contribution is -2.10. The van der Waals surface area contributed by atoms with E-state index in [1.165, 1.54) is 34.5 Å². The van der Waals surface area contributed by atoms with E-state index in [2.05, 4.69) is 28.8 Å². The second-order valence-corrected chi connectivity index (χ2v) is 6.91. The Labute approximate surface area is 128 Å². The molecule has 0 radical (unpaired) electrons. The predicted molar refractivity (Wildman–Crippen MR) is 87.5 cm³/mol. The summed E-state index contributed by atoms with van der Waals surface area (Å²) >= 11 is 1.66. The average Bonchev–Trinajstić information content (AvgIpc) is 3.13. The number of anilines is 2. The van der Waals surface area contributed by atoms with Crippen LogP contribution in [-0.4, -0.2) is 12.5 Å². The van der Waals surface area contributed by atoms with Gasteiger partial charge in [-0.25, -0.2) is 0 Å². The van der Waals surface area contributed by atoms with E-state index < -0.39 is 0 Å². The number of carbonyl (C=O) groups is 1. The van der Waals surface area contributed by atoms with Gasteiger partial charge in [-0.1, -0.05) is 0 Å². The second kappa shape index (κ2) is 5.19. The molecule has 2 N–H and O–H groups in total.